The molecule has 0 radical (unpaired) electrons. The van der Waals surface area contributed by atoms with Crippen LogP contribution in [0.2, 0.25) is 0 Å². The SMILES string of the molecule is CC(C)n1nncc1C(O)CCN. The van der Waals surface area contributed by atoms with Gasteiger partial charge in [-0.3, -0.25) is 0 Å². The summed E-state index contributed by atoms with van der Waals surface area (Å²) in [5.41, 5.74) is 6.09. The standard InChI is InChI=1S/C8H16N4O/c1-6(2)12-7(5-10-11-12)8(13)3-4-9/h5-6,8,13H,3-4,9H2,1-2H3. The van der Waals surface area contributed by atoms with Crippen LogP contribution in [0.1, 0.15) is 38.1 Å². The van der Waals surface area contributed by atoms with Crippen molar-refractivity contribution in [1.82, 2.24) is 15.0 Å². The van der Waals surface area contributed by atoms with Gasteiger partial charge in [0.25, 0.3) is 0 Å². The molecule has 1 aromatic rings. The lowest BCUT2D eigenvalue weighted by Crippen LogP contribution is -2.14. The van der Waals surface area contributed by atoms with Crippen LogP contribution < -0.4 is 5.73 Å². The van der Waals surface area contributed by atoms with Crippen molar-refractivity contribution in [2.75, 3.05) is 6.54 Å². The number of hydrogen-bond acceptors (Lipinski definition) is 4. The Bertz CT molecular complexity index is 258. The van der Waals surface area contributed by atoms with Crippen LogP contribution in [0.25, 0.3) is 0 Å². The highest BCUT2D eigenvalue weighted by Gasteiger charge is 2.14. The third-order valence-electron chi connectivity index (χ3n) is 1.87. The molecule has 0 aromatic carbocycles. The van der Waals surface area contributed by atoms with Gasteiger partial charge in [0.2, 0.25) is 0 Å². The molecule has 0 fully saturated rings. The third kappa shape index (κ3) is 2.26. The Morgan fingerprint density at radius 1 is 1.62 bits per heavy atom. The lowest BCUT2D eigenvalue weighted by molar-refractivity contribution is 0.157. The normalized spacial score (nSPS) is 13.6. The van der Waals surface area contributed by atoms with E-state index in [4.69, 9.17) is 5.73 Å². The Labute approximate surface area is 77.6 Å². The first kappa shape index (κ1) is 10.1. The predicted molar refractivity (Wildman–Crippen MR) is 49.0 cm³/mol. The monoisotopic (exact) mass is 184 g/mol. The molecule has 0 aliphatic carbocycles. The van der Waals surface area contributed by atoms with E-state index in [0.29, 0.717) is 13.0 Å². The average molecular weight is 184 g/mol. The lowest BCUT2D eigenvalue weighted by Gasteiger charge is -2.13. The zero-order valence-corrected chi connectivity index (χ0v) is 8.01. The molecular formula is C8H16N4O. The maximum atomic E-state index is 9.66. The van der Waals surface area contributed by atoms with Gasteiger partial charge in [-0.25, -0.2) is 4.68 Å². The van der Waals surface area contributed by atoms with Gasteiger partial charge in [-0.15, -0.1) is 5.10 Å². The fourth-order valence-electron chi connectivity index (χ4n) is 1.20. The second-order valence-electron chi connectivity index (χ2n) is 3.29. The fourth-order valence-corrected chi connectivity index (χ4v) is 1.20. The molecule has 0 aliphatic heterocycles. The summed E-state index contributed by atoms with van der Waals surface area (Å²) < 4.78 is 1.71. The molecule has 1 rings (SSSR count). The van der Waals surface area contributed by atoms with Crippen LogP contribution in [-0.4, -0.2) is 26.6 Å². The Balaban J connectivity index is 2.80. The van der Waals surface area contributed by atoms with E-state index in [1.807, 2.05) is 13.8 Å². The van der Waals surface area contributed by atoms with E-state index >= 15 is 0 Å². The first-order valence-electron chi connectivity index (χ1n) is 4.45. The van der Waals surface area contributed by atoms with Gasteiger partial charge in [0.05, 0.1) is 18.0 Å². The summed E-state index contributed by atoms with van der Waals surface area (Å²) >= 11 is 0. The molecule has 0 amide bonds. The van der Waals surface area contributed by atoms with Crippen LogP contribution in [0, 0.1) is 0 Å². The minimum atomic E-state index is -0.553. The molecule has 0 saturated heterocycles. The van der Waals surface area contributed by atoms with Crippen LogP contribution >= 0.6 is 0 Å². The summed E-state index contributed by atoms with van der Waals surface area (Å²) in [5.74, 6) is 0. The van der Waals surface area contributed by atoms with Crippen molar-refractivity contribution in [2.45, 2.75) is 32.4 Å². The highest BCUT2D eigenvalue weighted by atomic mass is 16.3. The molecule has 0 spiro atoms. The number of rotatable bonds is 4. The van der Waals surface area contributed by atoms with Gasteiger partial charge in [-0.2, -0.15) is 0 Å². The van der Waals surface area contributed by atoms with Gasteiger partial charge in [-0.1, -0.05) is 5.21 Å². The van der Waals surface area contributed by atoms with E-state index in [9.17, 15) is 5.11 Å². The smallest absolute Gasteiger partial charge is 0.0985 e. The molecule has 1 heterocycles. The molecular weight excluding hydrogens is 168 g/mol. The van der Waals surface area contributed by atoms with E-state index in [1.165, 1.54) is 0 Å². The van der Waals surface area contributed by atoms with Crippen molar-refractivity contribution >= 4 is 0 Å². The van der Waals surface area contributed by atoms with Crippen LogP contribution in [0.4, 0.5) is 0 Å². The Morgan fingerprint density at radius 2 is 2.31 bits per heavy atom. The van der Waals surface area contributed by atoms with Crippen LogP contribution in [0.5, 0.6) is 0 Å². The molecule has 3 N–H and O–H groups in total. The van der Waals surface area contributed by atoms with Gasteiger partial charge in [0.1, 0.15) is 0 Å². The summed E-state index contributed by atoms with van der Waals surface area (Å²) in [5, 5.41) is 17.3. The van der Waals surface area contributed by atoms with Crippen molar-refractivity contribution < 1.29 is 5.11 Å². The number of hydrogen-bond donors (Lipinski definition) is 2. The number of aliphatic hydroxyl groups is 1. The van der Waals surface area contributed by atoms with Crippen LogP contribution in [0.3, 0.4) is 0 Å². The van der Waals surface area contributed by atoms with E-state index in [2.05, 4.69) is 10.3 Å². The van der Waals surface area contributed by atoms with Crippen LogP contribution in [-0.2, 0) is 0 Å². The molecule has 5 heteroatoms. The summed E-state index contributed by atoms with van der Waals surface area (Å²) in [6.07, 6.45) is 1.57. The predicted octanol–water partition coefficient (Wildman–Crippen LogP) is 0.241. The molecule has 13 heavy (non-hydrogen) atoms. The lowest BCUT2D eigenvalue weighted by atomic mass is 10.2. The largest absolute Gasteiger partial charge is 0.387 e. The zero-order chi connectivity index (χ0) is 9.84. The molecule has 0 saturated carbocycles. The van der Waals surface area contributed by atoms with Crippen molar-refractivity contribution in [1.29, 1.82) is 0 Å². The minimum absolute atomic E-state index is 0.213. The van der Waals surface area contributed by atoms with Gasteiger partial charge in [-0.05, 0) is 26.8 Å². The second kappa shape index (κ2) is 4.34. The average Bonchev–Trinajstić information content (AvgIpc) is 2.52. The molecule has 0 bridgehead atoms. The maximum absolute atomic E-state index is 9.66. The van der Waals surface area contributed by atoms with E-state index < -0.39 is 6.10 Å². The van der Waals surface area contributed by atoms with Gasteiger partial charge >= 0.3 is 0 Å². The Kier molecular flexibility index (Phi) is 3.39. The first-order valence-corrected chi connectivity index (χ1v) is 4.45. The molecule has 5 nitrogen and oxygen atoms in total. The van der Waals surface area contributed by atoms with Gasteiger partial charge in [0.15, 0.2) is 0 Å². The number of nitrogens with two attached hydrogens (primary N) is 1. The van der Waals surface area contributed by atoms with E-state index in [-0.39, 0.29) is 6.04 Å². The van der Waals surface area contributed by atoms with E-state index in [0.717, 1.165) is 5.69 Å². The molecule has 1 atom stereocenters. The number of aliphatic hydroxyl groups excluding tert-OH is 1. The molecule has 1 aromatic heterocycles. The zero-order valence-electron chi connectivity index (χ0n) is 8.01. The maximum Gasteiger partial charge on any atom is 0.0985 e. The Hall–Kier alpha value is -0.940. The summed E-state index contributed by atoms with van der Waals surface area (Å²) in [6, 6.07) is 0.213. The second-order valence-corrected chi connectivity index (χ2v) is 3.29. The van der Waals surface area contributed by atoms with Crippen molar-refractivity contribution in [3.63, 3.8) is 0 Å². The Morgan fingerprint density at radius 3 is 2.85 bits per heavy atom. The molecule has 1 unspecified atom stereocenters. The summed E-state index contributed by atoms with van der Waals surface area (Å²) in [6.45, 7) is 4.45. The highest BCUT2D eigenvalue weighted by Crippen LogP contribution is 2.17. The van der Waals surface area contributed by atoms with Gasteiger partial charge < -0.3 is 10.8 Å². The summed E-state index contributed by atoms with van der Waals surface area (Å²) in [4.78, 5) is 0. The quantitative estimate of drug-likeness (QED) is 0.702. The van der Waals surface area contributed by atoms with Crippen molar-refractivity contribution in [3.05, 3.63) is 11.9 Å². The van der Waals surface area contributed by atoms with Crippen molar-refractivity contribution in [2.24, 2.45) is 5.73 Å². The van der Waals surface area contributed by atoms with Crippen molar-refractivity contribution in [3.8, 4) is 0 Å². The molecule has 0 aliphatic rings. The number of aromatic nitrogens is 3. The van der Waals surface area contributed by atoms with Crippen LogP contribution in [0.15, 0.2) is 6.20 Å². The molecule has 74 valence electrons. The van der Waals surface area contributed by atoms with E-state index in [1.54, 1.807) is 10.9 Å². The third-order valence-corrected chi connectivity index (χ3v) is 1.87. The number of nitrogens with zero attached hydrogens (tertiary/aromatic N) is 3. The minimum Gasteiger partial charge on any atom is -0.387 e. The summed E-state index contributed by atoms with van der Waals surface area (Å²) in [7, 11) is 0. The van der Waals surface area contributed by atoms with Gasteiger partial charge in [0, 0.05) is 6.04 Å². The fraction of sp³-hybridized carbons (Fsp3) is 0.750. The first-order chi connectivity index (χ1) is 6.16. The topological polar surface area (TPSA) is 77.0 Å². The highest BCUT2D eigenvalue weighted by molar-refractivity contribution is 4.99.